The molecule has 1 aliphatic rings. The largest absolute Gasteiger partial charge is 0.488 e. The van der Waals surface area contributed by atoms with Crippen molar-refractivity contribution in [2.45, 2.75) is 0 Å². The Hall–Kier alpha value is -0.995. The van der Waals surface area contributed by atoms with Crippen molar-refractivity contribution in [1.82, 2.24) is 0 Å². The second-order valence-electron chi connectivity index (χ2n) is 3.16. The van der Waals surface area contributed by atoms with Crippen LogP contribution in [0.3, 0.4) is 0 Å². The van der Waals surface area contributed by atoms with Crippen LogP contribution < -0.4 is 4.90 Å². The lowest BCUT2D eigenvalue weighted by atomic mass is 10.2. The third kappa shape index (κ3) is 2.50. The first-order valence-corrected chi connectivity index (χ1v) is 4.82. The van der Waals surface area contributed by atoms with Gasteiger partial charge >= 0.3 is 7.69 Å². The van der Waals surface area contributed by atoms with Gasteiger partial charge in [-0.1, -0.05) is 18.2 Å². The van der Waals surface area contributed by atoms with Gasteiger partial charge in [0, 0.05) is 32.0 Å². The van der Waals surface area contributed by atoms with E-state index in [0.29, 0.717) is 13.2 Å². The SMILES string of the molecule is [B]1OCCN(c2ccccc2)CCO1. The summed E-state index contributed by atoms with van der Waals surface area (Å²) in [6, 6.07) is 10.3. The molecule has 0 aliphatic carbocycles. The molecule has 0 spiro atoms. The van der Waals surface area contributed by atoms with Gasteiger partial charge in [0.05, 0.1) is 0 Å². The lowest BCUT2D eigenvalue weighted by Crippen LogP contribution is -2.34. The van der Waals surface area contributed by atoms with Gasteiger partial charge in [0.1, 0.15) is 0 Å². The van der Waals surface area contributed by atoms with E-state index in [2.05, 4.69) is 17.0 Å². The molecule has 0 unspecified atom stereocenters. The highest BCUT2D eigenvalue weighted by atomic mass is 16.6. The summed E-state index contributed by atoms with van der Waals surface area (Å²) in [6.07, 6.45) is 0. The molecule has 1 aliphatic heterocycles. The first kappa shape index (κ1) is 9.56. The molecule has 0 saturated carbocycles. The van der Waals surface area contributed by atoms with Crippen molar-refractivity contribution in [3.63, 3.8) is 0 Å². The molecular formula is C10H13BNO2. The first-order valence-electron chi connectivity index (χ1n) is 4.82. The van der Waals surface area contributed by atoms with Crippen LogP contribution in [-0.2, 0) is 9.31 Å². The molecule has 1 saturated heterocycles. The van der Waals surface area contributed by atoms with Gasteiger partial charge in [0.25, 0.3) is 0 Å². The molecule has 73 valence electrons. The number of rotatable bonds is 1. The summed E-state index contributed by atoms with van der Waals surface area (Å²) in [5.74, 6) is 0. The molecule has 1 aromatic rings. The van der Waals surface area contributed by atoms with Crippen molar-refractivity contribution >= 4 is 13.4 Å². The molecule has 2 rings (SSSR count). The monoisotopic (exact) mass is 190 g/mol. The topological polar surface area (TPSA) is 21.7 Å². The lowest BCUT2D eigenvalue weighted by molar-refractivity contribution is 0.211. The second-order valence-corrected chi connectivity index (χ2v) is 3.16. The molecule has 1 aromatic carbocycles. The zero-order chi connectivity index (χ0) is 9.64. The molecule has 1 radical (unpaired) electrons. The standard InChI is InChI=1S/C10H13BNO2/c1-2-4-10(5-3-1)12-6-8-13-11-14-9-7-12/h1-5H,6-9H2. The van der Waals surface area contributed by atoms with Crippen molar-refractivity contribution in [2.75, 3.05) is 31.2 Å². The molecule has 0 N–H and O–H groups in total. The van der Waals surface area contributed by atoms with Crippen molar-refractivity contribution < 1.29 is 9.31 Å². The van der Waals surface area contributed by atoms with Gasteiger partial charge in [-0.2, -0.15) is 0 Å². The van der Waals surface area contributed by atoms with E-state index in [9.17, 15) is 0 Å². The second kappa shape index (κ2) is 5.03. The highest BCUT2D eigenvalue weighted by molar-refractivity contribution is 6.17. The fraction of sp³-hybridized carbons (Fsp3) is 0.400. The summed E-state index contributed by atoms with van der Waals surface area (Å²) in [5, 5.41) is 0. The van der Waals surface area contributed by atoms with Gasteiger partial charge < -0.3 is 14.2 Å². The molecule has 4 heteroatoms. The zero-order valence-electron chi connectivity index (χ0n) is 8.06. The average molecular weight is 190 g/mol. The minimum atomic E-state index is 0.675. The molecule has 0 aromatic heterocycles. The maximum atomic E-state index is 5.14. The average Bonchev–Trinajstić information content (AvgIpc) is 2.18. The summed E-state index contributed by atoms with van der Waals surface area (Å²) in [5.41, 5.74) is 1.22. The summed E-state index contributed by atoms with van der Waals surface area (Å²) < 4.78 is 10.3. The Labute approximate surface area is 84.9 Å². The van der Waals surface area contributed by atoms with Crippen LogP contribution in [-0.4, -0.2) is 34.0 Å². The Morgan fingerprint density at radius 1 is 1.00 bits per heavy atom. The minimum absolute atomic E-state index is 0.675. The Bertz CT molecular complexity index is 260. The van der Waals surface area contributed by atoms with Crippen molar-refractivity contribution in [3.05, 3.63) is 30.3 Å². The van der Waals surface area contributed by atoms with E-state index in [0.717, 1.165) is 13.1 Å². The molecule has 3 nitrogen and oxygen atoms in total. The van der Waals surface area contributed by atoms with Crippen LogP contribution in [0.2, 0.25) is 0 Å². The summed E-state index contributed by atoms with van der Waals surface area (Å²) in [7, 11) is 1.43. The maximum absolute atomic E-state index is 5.14. The Kier molecular flexibility index (Phi) is 3.43. The van der Waals surface area contributed by atoms with Crippen LogP contribution in [0.25, 0.3) is 0 Å². The van der Waals surface area contributed by atoms with Gasteiger partial charge in [-0.25, -0.2) is 0 Å². The van der Waals surface area contributed by atoms with Crippen LogP contribution in [0, 0.1) is 0 Å². The fourth-order valence-corrected chi connectivity index (χ4v) is 1.48. The van der Waals surface area contributed by atoms with Crippen molar-refractivity contribution in [1.29, 1.82) is 0 Å². The van der Waals surface area contributed by atoms with Gasteiger partial charge in [0.2, 0.25) is 0 Å². The molecular weight excluding hydrogens is 177 g/mol. The fourth-order valence-electron chi connectivity index (χ4n) is 1.48. The van der Waals surface area contributed by atoms with Gasteiger partial charge in [0.15, 0.2) is 0 Å². The highest BCUT2D eigenvalue weighted by Crippen LogP contribution is 2.12. The molecule has 0 bridgehead atoms. The van der Waals surface area contributed by atoms with E-state index >= 15 is 0 Å². The lowest BCUT2D eigenvalue weighted by Gasteiger charge is -2.26. The van der Waals surface area contributed by atoms with Crippen LogP contribution in [0.15, 0.2) is 30.3 Å². The molecule has 0 atom stereocenters. The van der Waals surface area contributed by atoms with Crippen LogP contribution in [0.4, 0.5) is 5.69 Å². The van der Waals surface area contributed by atoms with E-state index < -0.39 is 0 Å². The van der Waals surface area contributed by atoms with Gasteiger partial charge in [-0.3, -0.25) is 0 Å². The quantitative estimate of drug-likeness (QED) is 0.618. The van der Waals surface area contributed by atoms with E-state index in [4.69, 9.17) is 9.31 Å². The minimum Gasteiger partial charge on any atom is -0.411 e. The van der Waals surface area contributed by atoms with E-state index in [1.54, 1.807) is 0 Å². The highest BCUT2D eigenvalue weighted by Gasteiger charge is 2.09. The smallest absolute Gasteiger partial charge is 0.411 e. The summed E-state index contributed by atoms with van der Waals surface area (Å²) in [6.45, 7) is 3.16. The number of benzene rings is 1. The first-order chi connectivity index (χ1) is 6.97. The van der Waals surface area contributed by atoms with Gasteiger partial charge in [-0.05, 0) is 12.1 Å². The Morgan fingerprint density at radius 3 is 2.29 bits per heavy atom. The summed E-state index contributed by atoms with van der Waals surface area (Å²) >= 11 is 0. The predicted octanol–water partition coefficient (Wildman–Crippen LogP) is 1.07. The maximum Gasteiger partial charge on any atom is 0.488 e. The van der Waals surface area contributed by atoms with E-state index in [1.165, 1.54) is 13.4 Å². The molecule has 1 heterocycles. The molecule has 1 fully saturated rings. The van der Waals surface area contributed by atoms with Crippen molar-refractivity contribution in [3.8, 4) is 0 Å². The predicted molar refractivity (Wildman–Crippen MR) is 56.3 cm³/mol. The Balaban J connectivity index is 2.01. The number of nitrogens with zero attached hydrogens (tertiary/aromatic N) is 1. The summed E-state index contributed by atoms with van der Waals surface area (Å²) in [4.78, 5) is 2.26. The van der Waals surface area contributed by atoms with E-state index in [-0.39, 0.29) is 0 Å². The number of hydrogen-bond donors (Lipinski definition) is 0. The molecule has 0 amide bonds. The molecule has 14 heavy (non-hydrogen) atoms. The zero-order valence-corrected chi connectivity index (χ0v) is 8.06. The van der Waals surface area contributed by atoms with Crippen LogP contribution in [0.1, 0.15) is 0 Å². The van der Waals surface area contributed by atoms with E-state index in [1.807, 2.05) is 18.2 Å². The number of para-hydroxylation sites is 1. The number of hydrogen-bond acceptors (Lipinski definition) is 3. The normalized spacial score (nSPS) is 18.1. The third-order valence-electron chi connectivity index (χ3n) is 2.22. The Morgan fingerprint density at radius 2 is 1.64 bits per heavy atom. The number of anilines is 1. The third-order valence-corrected chi connectivity index (χ3v) is 2.22. The van der Waals surface area contributed by atoms with Crippen LogP contribution in [0.5, 0.6) is 0 Å². The van der Waals surface area contributed by atoms with Crippen LogP contribution >= 0.6 is 0 Å². The van der Waals surface area contributed by atoms with Gasteiger partial charge in [-0.15, -0.1) is 0 Å². The van der Waals surface area contributed by atoms with Crippen molar-refractivity contribution in [2.24, 2.45) is 0 Å².